The van der Waals surface area contributed by atoms with Crippen molar-refractivity contribution in [2.24, 2.45) is 0 Å². The average Bonchev–Trinajstić information content (AvgIpc) is 2.73. The van der Waals surface area contributed by atoms with Crippen LogP contribution in [0.2, 0.25) is 0 Å². The maximum Gasteiger partial charge on any atom is 0.0587 e. The fourth-order valence-electron chi connectivity index (χ4n) is 2.19. The normalized spacial score (nSPS) is 18.2. The van der Waals surface area contributed by atoms with E-state index in [1.165, 1.54) is 17.7 Å². The minimum Gasteiger partial charge on any atom is -0.384 e. The summed E-state index contributed by atoms with van der Waals surface area (Å²) in [6.07, 6.45) is 1.19. The van der Waals surface area contributed by atoms with Gasteiger partial charge in [-0.1, -0.05) is 18.2 Å². The zero-order valence-electron chi connectivity index (χ0n) is 9.83. The van der Waals surface area contributed by atoms with Crippen molar-refractivity contribution in [2.45, 2.75) is 12.3 Å². The van der Waals surface area contributed by atoms with E-state index in [4.69, 9.17) is 4.74 Å². The highest BCUT2D eigenvalue weighted by Gasteiger charge is 2.20. The summed E-state index contributed by atoms with van der Waals surface area (Å²) in [6.45, 7) is 3.87. The smallest absolute Gasteiger partial charge is 0.0587 e. The highest BCUT2D eigenvalue weighted by atomic mass is 16.5. The molecular weight excluding hydrogens is 200 g/mol. The number of hydrogen-bond donors (Lipinski definition) is 2. The van der Waals surface area contributed by atoms with E-state index in [-0.39, 0.29) is 0 Å². The Bertz CT molecular complexity index is 327. The topological polar surface area (TPSA) is 33.3 Å². The fraction of sp³-hybridized carbons (Fsp3) is 0.538. The van der Waals surface area contributed by atoms with Crippen LogP contribution in [0.1, 0.15) is 17.9 Å². The third-order valence-electron chi connectivity index (χ3n) is 3.09. The van der Waals surface area contributed by atoms with E-state index in [1.807, 2.05) is 0 Å². The Morgan fingerprint density at radius 3 is 3.12 bits per heavy atom. The van der Waals surface area contributed by atoms with Crippen LogP contribution in [-0.2, 0) is 4.74 Å². The molecule has 1 aliphatic rings. The highest BCUT2D eigenvalue weighted by Crippen LogP contribution is 2.32. The molecule has 2 N–H and O–H groups in total. The number of benzene rings is 1. The predicted molar refractivity (Wildman–Crippen MR) is 67.0 cm³/mol. The largest absolute Gasteiger partial charge is 0.384 e. The molecule has 1 unspecified atom stereocenters. The van der Waals surface area contributed by atoms with Crippen LogP contribution in [0.15, 0.2) is 24.3 Å². The fourth-order valence-corrected chi connectivity index (χ4v) is 2.19. The van der Waals surface area contributed by atoms with Crippen molar-refractivity contribution in [2.75, 3.05) is 38.7 Å². The zero-order valence-corrected chi connectivity index (χ0v) is 9.83. The Morgan fingerprint density at radius 1 is 1.38 bits per heavy atom. The average molecular weight is 220 g/mol. The van der Waals surface area contributed by atoms with E-state index in [0.29, 0.717) is 5.92 Å². The molecule has 0 fully saturated rings. The maximum absolute atomic E-state index is 5.00. The first-order valence-electron chi connectivity index (χ1n) is 5.94. The number of anilines is 1. The van der Waals surface area contributed by atoms with Gasteiger partial charge >= 0.3 is 0 Å². The Balaban J connectivity index is 1.76. The van der Waals surface area contributed by atoms with Gasteiger partial charge in [-0.3, -0.25) is 0 Å². The molecule has 0 aromatic heterocycles. The first kappa shape index (κ1) is 11.4. The predicted octanol–water partition coefficient (Wildman–Crippen LogP) is 1.82. The minimum atomic E-state index is 0.659. The lowest BCUT2D eigenvalue weighted by molar-refractivity contribution is 0.199. The summed E-state index contributed by atoms with van der Waals surface area (Å²) in [7, 11) is 1.73. The molecule has 88 valence electrons. The molecule has 0 spiro atoms. The van der Waals surface area contributed by atoms with Crippen molar-refractivity contribution in [3.63, 3.8) is 0 Å². The maximum atomic E-state index is 5.00. The van der Waals surface area contributed by atoms with Gasteiger partial charge in [0.15, 0.2) is 0 Å². The molecule has 3 heteroatoms. The molecule has 16 heavy (non-hydrogen) atoms. The first-order chi connectivity index (χ1) is 7.92. The number of rotatable bonds is 6. The van der Waals surface area contributed by atoms with Crippen LogP contribution in [-0.4, -0.2) is 33.4 Å². The third kappa shape index (κ3) is 2.74. The summed E-state index contributed by atoms with van der Waals surface area (Å²) >= 11 is 0. The van der Waals surface area contributed by atoms with E-state index < -0.39 is 0 Å². The van der Waals surface area contributed by atoms with Gasteiger partial charge in [-0.25, -0.2) is 0 Å². The van der Waals surface area contributed by atoms with Gasteiger partial charge in [-0.2, -0.15) is 0 Å². The van der Waals surface area contributed by atoms with Crippen molar-refractivity contribution < 1.29 is 4.74 Å². The molecule has 0 amide bonds. The van der Waals surface area contributed by atoms with Crippen LogP contribution >= 0.6 is 0 Å². The molecule has 0 aliphatic carbocycles. The molecule has 1 heterocycles. The van der Waals surface area contributed by atoms with Crippen molar-refractivity contribution in [3.8, 4) is 0 Å². The summed E-state index contributed by atoms with van der Waals surface area (Å²) in [4.78, 5) is 0. The lowest BCUT2D eigenvalue weighted by Gasteiger charge is -2.10. The van der Waals surface area contributed by atoms with Gasteiger partial charge in [0.05, 0.1) is 6.61 Å². The lowest BCUT2D eigenvalue weighted by atomic mass is 9.98. The SMILES string of the molecule is COCCNCCC1CNc2ccccc21. The second-order valence-corrected chi connectivity index (χ2v) is 4.20. The Hall–Kier alpha value is -1.06. The molecule has 1 aromatic rings. The van der Waals surface area contributed by atoms with Crippen molar-refractivity contribution >= 4 is 5.69 Å². The van der Waals surface area contributed by atoms with Crippen LogP contribution in [0.25, 0.3) is 0 Å². The van der Waals surface area contributed by atoms with Crippen molar-refractivity contribution in [1.82, 2.24) is 5.32 Å². The van der Waals surface area contributed by atoms with Gasteiger partial charge in [-0.05, 0) is 24.6 Å². The summed E-state index contributed by atoms with van der Waals surface area (Å²) in [5, 5.41) is 6.84. The second-order valence-electron chi connectivity index (χ2n) is 4.20. The standard InChI is InChI=1S/C13H20N2O/c1-16-9-8-14-7-6-11-10-15-13-5-3-2-4-12(11)13/h2-5,11,14-15H,6-10H2,1H3. The van der Waals surface area contributed by atoms with Gasteiger partial charge < -0.3 is 15.4 Å². The summed E-state index contributed by atoms with van der Waals surface area (Å²) in [6, 6.07) is 8.60. The quantitative estimate of drug-likeness (QED) is 0.717. The monoisotopic (exact) mass is 220 g/mol. The van der Waals surface area contributed by atoms with Crippen LogP contribution in [0.4, 0.5) is 5.69 Å². The molecule has 0 radical (unpaired) electrons. The summed E-state index contributed by atoms with van der Waals surface area (Å²) < 4.78 is 5.00. The van der Waals surface area contributed by atoms with E-state index in [9.17, 15) is 0 Å². The van der Waals surface area contributed by atoms with E-state index in [2.05, 4.69) is 34.9 Å². The van der Waals surface area contributed by atoms with E-state index in [0.717, 1.165) is 26.2 Å². The van der Waals surface area contributed by atoms with Gasteiger partial charge in [0.2, 0.25) is 0 Å². The van der Waals surface area contributed by atoms with Crippen LogP contribution < -0.4 is 10.6 Å². The molecule has 1 aromatic carbocycles. The van der Waals surface area contributed by atoms with Crippen molar-refractivity contribution in [3.05, 3.63) is 29.8 Å². The molecule has 1 atom stereocenters. The molecular formula is C13H20N2O. The number of methoxy groups -OCH3 is 1. The number of fused-ring (bicyclic) bond motifs is 1. The van der Waals surface area contributed by atoms with Crippen LogP contribution in [0.5, 0.6) is 0 Å². The molecule has 0 bridgehead atoms. The van der Waals surface area contributed by atoms with Gasteiger partial charge in [0, 0.05) is 31.8 Å². The third-order valence-corrected chi connectivity index (χ3v) is 3.09. The van der Waals surface area contributed by atoms with E-state index in [1.54, 1.807) is 7.11 Å². The molecule has 0 saturated heterocycles. The number of ether oxygens (including phenoxy) is 1. The number of nitrogens with one attached hydrogen (secondary N) is 2. The van der Waals surface area contributed by atoms with Gasteiger partial charge in [-0.15, -0.1) is 0 Å². The van der Waals surface area contributed by atoms with Crippen LogP contribution in [0.3, 0.4) is 0 Å². The molecule has 2 rings (SSSR count). The summed E-state index contributed by atoms with van der Waals surface area (Å²) in [5.74, 6) is 0.659. The zero-order chi connectivity index (χ0) is 11.2. The van der Waals surface area contributed by atoms with Crippen molar-refractivity contribution in [1.29, 1.82) is 0 Å². The molecule has 1 aliphatic heterocycles. The highest BCUT2D eigenvalue weighted by molar-refractivity contribution is 5.57. The first-order valence-corrected chi connectivity index (χ1v) is 5.94. The van der Waals surface area contributed by atoms with Crippen LogP contribution in [0, 0.1) is 0 Å². The van der Waals surface area contributed by atoms with Gasteiger partial charge in [0.1, 0.15) is 0 Å². The number of hydrogen-bond acceptors (Lipinski definition) is 3. The van der Waals surface area contributed by atoms with Gasteiger partial charge in [0.25, 0.3) is 0 Å². The second kappa shape index (κ2) is 5.87. The Labute approximate surface area is 97.2 Å². The number of para-hydroxylation sites is 1. The summed E-state index contributed by atoms with van der Waals surface area (Å²) in [5.41, 5.74) is 2.78. The Morgan fingerprint density at radius 2 is 2.25 bits per heavy atom. The van der Waals surface area contributed by atoms with E-state index >= 15 is 0 Å². The minimum absolute atomic E-state index is 0.659. The Kier molecular flexibility index (Phi) is 4.19. The molecule has 3 nitrogen and oxygen atoms in total. The molecule has 0 saturated carbocycles. The lowest BCUT2D eigenvalue weighted by Crippen LogP contribution is -2.22.